The minimum absolute atomic E-state index is 0.461. The van der Waals surface area contributed by atoms with Gasteiger partial charge < -0.3 is 0 Å². The standard InChI is InChI=1S/C10H11ClN4/c1-2-5-15-9(3-4-14-15)8-6-12-7-13-10(8)11/h3-4,6-7H,2,5H2,1H3. The van der Waals surface area contributed by atoms with E-state index in [1.54, 1.807) is 12.4 Å². The van der Waals surface area contributed by atoms with Crippen molar-refractivity contribution >= 4 is 11.6 Å². The van der Waals surface area contributed by atoms with Crippen LogP contribution in [0.1, 0.15) is 13.3 Å². The predicted octanol–water partition coefficient (Wildman–Crippen LogP) is 2.40. The van der Waals surface area contributed by atoms with Crippen molar-refractivity contribution < 1.29 is 0 Å². The maximum Gasteiger partial charge on any atom is 0.141 e. The molecule has 0 aromatic carbocycles. The fourth-order valence-corrected chi connectivity index (χ4v) is 1.63. The van der Waals surface area contributed by atoms with Crippen LogP contribution in [0, 0.1) is 0 Å². The summed E-state index contributed by atoms with van der Waals surface area (Å²) in [5.74, 6) is 0. The fraction of sp³-hybridized carbons (Fsp3) is 0.300. The van der Waals surface area contributed by atoms with Gasteiger partial charge in [-0.3, -0.25) is 4.68 Å². The van der Waals surface area contributed by atoms with Crippen molar-refractivity contribution in [1.29, 1.82) is 0 Å². The van der Waals surface area contributed by atoms with Crippen LogP contribution in [0.5, 0.6) is 0 Å². The molecule has 15 heavy (non-hydrogen) atoms. The van der Waals surface area contributed by atoms with Crippen molar-refractivity contribution in [2.24, 2.45) is 0 Å². The van der Waals surface area contributed by atoms with Crippen molar-refractivity contribution in [3.8, 4) is 11.3 Å². The van der Waals surface area contributed by atoms with Crippen molar-refractivity contribution in [3.05, 3.63) is 29.9 Å². The Morgan fingerprint density at radius 2 is 2.33 bits per heavy atom. The van der Waals surface area contributed by atoms with Gasteiger partial charge in [0.1, 0.15) is 11.5 Å². The van der Waals surface area contributed by atoms with Crippen LogP contribution in [-0.4, -0.2) is 19.7 Å². The van der Waals surface area contributed by atoms with E-state index < -0.39 is 0 Å². The summed E-state index contributed by atoms with van der Waals surface area (Å²) < 4.78 is 1.91. The largest absolute Gasteiger partial charge is 0.265 e. The normalized spacial score (nSPS) is 10.5. The number of aromatic nitrogens is 4. The second-order valence-corrected chi connectivity index (χ2v) is 3.52. The SMILES string of the molecule is CCCn1nccc1-c1cncnc1Cl. The molecule has 0 aliphatic rings. The van der Waals surface area contributed by atoms with E-state index in [1.807, 2.05) is 10.7 Å². The zero-order valence-corrected chi connectivity index (χ0v) is 9.15. The first-order valence-corrected chi connectivity index (χ1v) is 5.18. The maximum atomic E-state index is 6.00. The third-order valence-electron chi connectivity index (χ3n) is 2.09. The molecule has 0 aliphatic heterocycles. The van der Waals surface area contributed by atoms with Gasteiger partial charge in [0.05, 0.1) is 11.3 Å². The number of hydrogen-bond acceptors (Lipinski definition) is 3. The van der Waals surface area contributed by atoms with Crippen LogP contribution in [0.25, 0.3) is 11.3 Å². The van der Waals surface area contributed by atoms with Gasteiger partial charge in [-0.25, -0.2) is 9.97 Å². The van der Waals surface area contributed by atoms with Crippen LogP contribution in [-0.2, 0) is 6.54 Å². The van der Waals surface area contributed by atoms with E-state index in [-0.39, 0.29) is 0 Å². The number of hydrogen-bond donors (Lipinski definition) is 0. The van der Waals surface area contributed by atoms with Gasteiger partial charge in [0, 0.05) is 18.9 Å². The highest BCUT2D eigenvalue weighted by Crippen LogP contribution is 2.24. The molecule has 78 valence electrons. The summed E-state index contributed by atoms with van der Waals surface area (Å²) in [5, 5.41) is 4.69. The molecule has 2 aromatic heterocycles. The molecule has 0 saturated heterocycles. The lowest BCUT2D eigenvalue weighted by Crippen LogP contribution is -2.01. The Bertz CT molecular complexity index is 452. The molecule has 0 radical (unpaired) electrons. The summed E-state index contributed by atoms with van der Waals surface area (Å²) >= 11 is 6.00. The Hall–Kier alpha value is -1.42. The van der Waals surface area contributed by atoms with Crippen molar-refractivity contribution in [3.63, 3.8) is 0 Å². The molecule has 2 heterocycles. The summed E-state index contributed by atoms with van der Waals surface area (Å²) in [6.07, 6.45) is 5.93. The van der Waals surface area contributed by atoms with E-state index >= 15 is 0 Å². The van der Waals surface area contributed by atoms with Gasteiger partial charge in [0.25, 0.3) is 0 Å². The molecule has 2 aromatic rings. The zero-order valence-electron chi connectivity index (χ0n) is 8.39. The molecule has 0 amide bonds. The van der Waals surface area contributed by atoms with Crippen molar-refractivity contribution in [1.82, 2.24) is 19.7 Å². The Balaban J connectivity index is 2.45. The van der Waals surface area contributed by atoms with Gasteiger partial charge in [0.2, 0.25) is 0 Å². The minimum Gasteiger partial charge on any atom is -0.265 e. The lowest BCUT2D eigenvalue weighted by Gasteiger charge is -2.06. The molecule has 5 heteroatoms. The van der Waals surface area contributed by atoms with Gasteiger partial charge in [-0.2, -0.15) is 5.10 Å². The Morgan fingerprint density at radius 3 is 3.07 bits per heavy atom. The highest BCUT2D eigenvalue weighted by Gasteiger charge is 2.09. The molecule has 0 N–H and O–H groups in total. The molecule has 0 bridgehead atoms. The first kappa shape index (κ1) is 10.1. The number of nitrogens with zero attached hydrogens (tertiary/aromatic N) is 4. The molecule has 0 aliphatic carbocycles. The van der Waals surface area contributed by atoms with Crippen LogP contribution in [0.2, 0.25) is 5.15 Å². The fourth-order valence-electron chi connectivity index (χ4n) is 1.44. The summed E-state index contributed by atoms with van der Waals surface area (Å²) in [6.45, 7) is 2.97. The Labute approximate surface area is 92.9 Å². The molecule has 4 nitrogen and oxygen atoms in total. The number of aryl methyl sites for hydroxylation is 1. The molecular formula is C10H11ClN4. The monoisotopic (exact) mass is 222 g/mol. The Kier molecular flexibility index (Phi) is 2.97. The average molecular weight is 223 g/mol. The lowest BCUT2D eigenvalue weighted by atomic mass is 10.2. The van der Waals surface area contributed by atoms with Gasteiger partial charge >= 0.3 is 0 Å². The summed E-state index contributed by atoms with van der Waals surface area (Å²) in [4.78, 5) is 7.92. The quantitative estimate of drug-likeness (QED) is 0.749. The van der Waals surface area contributed by atoms with Crippen LogP contribution < -0.4 is 0 Å². The molecule has 0 spiro atoms. The smallest absolute Gasteiger partial charge is 0.141 e. The highest BCUT2D eigenvalue weighted by atomic mass is 35.5. The first-order chi connectivity index (χ1) is 7.33. The highest BCUT2D eigenvalue weighted by molar-refractivity contribution is 6.31. The summed E-state index contributed by atoms with van der Waals surface area (Å²) in [7, 11) is 0. The second-order valence-electron chi connectivity index (χ2n) is 3.17. The van der Waals surface area contributed by atoms with E-state index in [0.717, 1.165) is 24.2 Å². The Morgan fingerprint density at radius 1 is 1.47 bits per heavy atom. The van der Waals surface area contributed by atoms with E-state index in [9.17, 15) is 0 Å². The van der Waals surface area contributed by atoms with Crippen LogP contribution in [0.3, 0.4) is 0 Å². The number of halogens is 1. The summed E-state index contributed by atoms with van der Waals surface area (Å²) in [5.41, 5.74) is 1.78. The van der Waals surface area contributed by atoms with E-state index in [1.165, 1.54) is 6.33 Å². The molecular weight excluding hydrogens is 212 g/mol. The van der Waals surface area contributed by atoms with Crippen molar-refractivity contribution in [2.45, 2.75) is 19.9 Å². The maximum absolute atomic E-state index is 6.00. The van der Waals surface area contributed by atoms with Crippen LogP contribution in [0.15, 0.2) is 24.8 Å². The lowest BCUT2D eigenvalue weighted by molar-refractivity contribution is 0.609. The van der Waals surface area contributed by atoms with Gasteiger partial charge in [-0.05, 0) is 12.5 Å². The van der Waals surface area contributed by atoms with Crippen molar-refractivity contribution in [2.75, 3.05) is 0 Å². The molecule has 0 fully saturated rings. The molecule has 0 unspecified atom stereocenters. The van der Waals surface area contributed by atoms with Crippen LogP contribution >= 0.6 is 11.6 Å². The third kappa shape index (κ3) is 1.99. The first-order valence-electron chi connectivity index (χ1n) is 4.80. The zero-order chi connectivity index (χ0) is 10.7. The van der Waals surface area contributed by atoms with Gasteiger partial charge in [-0.15, -0.1) is 0 Å². The predicted molar refractivity (Wildman–Crippen MR) is 58.6 cm³/mol. The van der Waals surface area contributed by atoms with Crippen LogP contribution in [0.4, 0.5) is 0 Å². The van der Waals surface area contributed by atoms with E-state index in [0.29, 0.717) is 5.15 Å². The molecule has 2 rings (SSSR count). The van der Waals surface area contributed by atoms with E-state index in [2.05, 4.69) is 22.0 Å². The topological polar surface area (TPSA) is 43.6 Å². The van der Waals surface area contributed by atoms with Gasteiger partial charge in [0.15, 0.2) is 0 Å². The third-order valence-corrected chi connectivity index (χ3v) is 2.39. The molecule has 0 saturated carbocycles. The summed E-state index contributed by atoms with van der Waals surface area (Å²) in [6, 6.07) is 1.92. The van der Waals surface area contributed by atoms with E-state index in [4.69, 9.17) is 11.6 Å². The average Bonchev–Trinajstić information content (AvgIpc) is 2.67. The van der Waals surface area contributed by atoms with Gasteiger partial charge in [-0.1, -0.05) is 18.5 Å². The second kappa shape index (κ2) is 4.40. The number of rotatable bonds is 3. The minimum atomic E-state index is 0.461. The molecule has 0 atom stereocenters.